The van der Waals surface area contributed by atoms with E-state index in [1.54, 1.807) is 29.2 Å². The largest absolute Gasteiger partial charge is 0.348 e. The third-order valence-electron chi connectivity index (χ3n) is 4.18. The van der Waals surface area contributed by atoms with Crippen LogP contribution in [0.5, 0.6) is 0 Å². The fourth-order valence-corrected chi connectivity index (χ4v) is 2.93. The zero-order valence-corrected chi connectivity index (χ0v) is 14.9. The molecule has 0 atom stereocenters. The maximum Gasteiger partial charge on any atom is 0.255 e. The van der Waals surface area contributed by atoms with Gasteiger partial charge < -0.3 is 5.32 Å². The molecule has 0 aliphatic heterocycles. The molecule has 0 unspecified atom stereocenters. The molecule has 3 aromatic rings. The van der Waals surface area contributed by atoms with E-state index in [-0.39, 0.29) is 11.7 Å². The molecule has 0 saturated heterocycles. The summed E-state index contributed by atoms with van der Waals surface area (Å²) in [4.78, 5) is 16.9. The Balaban J connectivity index is 1.94. The van der Waals surface area contributed by atoms with E-state index < -0.39 is 0 Å². The number of aromatic nitrogens is 3. The molecule has 1 N–H and O–H groups in total. The summed E-state index contributed by atoms with van der Waals surface area (Å²) in [7, 11) is 0. The minimum absolute atomic E-state index is 0.176. The summed E-state index contributed by atoms with van der Waals surface area (Å²) in [5.41, 5.74) is 3.59. The van der Waals surface area contributed by atoms with Gasteiger partial charge in [0.1, 0.15) is 5.82 Å². The Kier molecular flexibility index (Phi) is 5.41. The van der Waals surface area contributed by atoms with Crippen LogP contribution in [-0.4, -0.2) is 20.7 Å². The van der Waals surface area contributed by atoms with E-state index in [4.69, 9.17) is 0 Å². The van der Waals surface area contributed by atoms with Crippen molar-refractivity contribution in [1.82, 2.24) is 20.1 Å². The zero-order valence-electron chi connectivity index (χ0n) is 14.9. The molecule has 2 heterocycles. The molecule has 0 aliphatic carbocycles. The number of carbonyl (C=O) groups is 1. The first-order chi connectivity index (χ1) is 12.6. The summed E-state index contributed by atoms with van der Waals surface area (Å²) >= 11 is 0. The van der Waals surface area contributed by atoms with Gasteiger partial charge in [-0.2, -0.15) is 5.10 Å². The monoisotopic (exact) mass is 352 g/mol. The van der Waals surface area contributed by atoms with Crippen molar-refractivity contribution >= 4 is 5.91 Å². The fourth-order valence-electron chi connectivity index (χ4n) is 2.93. The van der Waals surface area contributed by atoms with Gasteiger partial charge in [0, 0.05) is 18.9 Å². The number of amides is 1. The minimum Gasteiger partial charge on any atom is -0.348 e. The van der Waals surface area contributed by atoms with Gasteiger partial charge in [-0.1, -0.05) is 26.0 Å². The highest BCUT2D eigenvalue weighted by molar-refractivity contribution is 5.96. The Hall–Kier alpha value is -3.02. The van der Waals surface area contributed by atoms with Gasteiger partial charge in [0.25, 0.3) is 5.91 Å². The summed E-state index contributed by atoms with van der Waals surface area (Å²) < 4.78 is 15.3. The van der Waals surface area contributed by atoms with Crippen LogP contribution >= 0.6 is 0 Å². The molecule has 3 rings (SSSR count). The summed E-state index contributed by atoms with van der Waals surface area (Å²) in [6, 6.07) is 9.97. The molecule has 0 spiro atoms. The normalized spacial score (nSPS) is 10.7. The summed E-state index contributed by atoms with van der Waals surface area (Å²) in [6.45, 7) is 4.31. The van der Waals surface area contributed by atoms with E-state index >= 15 is 0 Å². The first-order valence-corrected chi connectivity index (χ1v) is 8.67. The Morgan fingerprint density at radius 3 is 2.69 bits per heavy atom. The first kappa shape index (κ1) is 17.8. The lowest BCUT2D eigenvalue weighted by Gasteiger charge is -2.09. The van der Waals surface area contributed by atoms with Crippen LogP contribution in [-0.2, 0) is 19.4 Å². The average Bonchev–Trinajstić information content (AvgIpc) is 3.05. The molecule has 134 valence electrons. The number of hydrogen-bond donors (Lipinski definition) is 1. The fraction of sp³-hybridized carbons (Fsp3) is 0.250. The number of rotatable bonds is 6. The van der Waals surface area contributed by atoms with Gasteiger partial charge in [0.2, 0.25) is 0 Å². The van der Waals surface area contributed by atoms with Gasteiger partial charge >= 0.3 is 0 Å². The van der Waals surface area contributed by atoms with Crippen molar-refractivity contribution in [3.05, 3.63) is 77.1 Å². The highest BCUT2D eigenvalue weighted by Gasteiger charge is 2.22. The standard InChI is InChI=1S/C20H21FN4O/c1-3-17-19(20(26)23-13-14-7-6-10-22-12-14)18(4-2)25(24-17)16-9-5-8-15(21)11-16/h5-12H,3-4,13H2,1-2H3,(H,23,26). The van der Waals surface area contributed by atoms with Crippen LogP contribution in [0.2, 0.25) is 0 Å². The van der Waals surface area contributed by atoms with Crippen molar-refractivity contribution in [2.75, 3.05) is 0 Å². The van der Waals surface area contributed by atoms with E-state index in [0.717, 1.165) is 11.3 Å². The second-order valence-electron chi connectivity index (χ2n) is 5.91. The van der Waals surface area contributed by atoms with Crippen molar-refractivity contribution in [3.8, 4) is 5.69 Å². The summed E-state index contributed by atoms with van der Waals surface area (Å²) in [5, 5.41) is 7.50. The topological polar surface area (TPSA) is 59.8 Å². The number of hydrogen-bond acceptors (Lipinski definition) is 3. The molecule has 0 radical (unpaired) electrons. The molecule has 0 bridgehead atoms. The third-order valence-corrected chi connectivity index (χ3v) is 4.18. The zero-order chi connectivity index (χ0) is 18.5. The van der Waals surface area contributed by atoms with Gasteiger partial charge in [0.05, 0.1) is 22.6 Å². The molecular formula is C20H21FN4O. The van der Waals surface area contributed by atoms with E-state index in [1.807, 2.05) is 26.0 Å². The first-order valence-electron chi connectivity index (χ1n) is 8.67. The lowest BCUT2D eigenvalue weighted by molar-refractivity contribution is 0.0949. The molecule has 5 nitrogen and oxygen atoms in total. The number of nitrogens with zero attached hydrogens (tertiary/aromatic N) is 3. The highest BCUT2D eigenvalue weighted by atomic mass is 19.1. The lowest BCUT2D eigenvalue weighted by atomic mass is 10.1. The predicted molar refractivity (Wildman–Crippen MR) is 97.7 cm³/mol. The number of aryl methyl sites for hydroxylation is 1. The second kappa shape index (κ2) is 7.91. The summed E-state index contributed by atoms with van der Waals surface area (Å²) in [6.07, 6.45) is 4.64. The molecule has 2 aromatic heterocycles. The number of nitrogens with one attached hydrogen (secondary N) is 1. The minimum atomic E-state index is -0.333. The Bertz CT molecular complexity index is 905. The number of pyridine rings is 1. The number of benzene rings is 1. The van der Waals surface area contributed by atoms with Gasteiger partial charge in [-0.15, -0.1) is 0 Å². The Morgan fingerprint density at radius 1 is 1.19 bits per heavy atom. The van der Waals surface area contributed by atoms with Crippen LogP contribution in [0.25, 0.3) is 5.69 Å². The predicted octanol–water partition coefficient (Wildman–Crippen LogP) is 3.46. The Labute approximate surface area is 151 Å². The third kappa shape index (κ3) is 3.64. The smallest absolute Gasteiger partial charge is 0.255 e. The van der Waals surface area contributed by atoms with E-state index in [1.165, 1.54) is 12.1 Å². The SMILES string of the molecule is CCc1nn(-c2cccc(F)c2)c(CC)c1C(=O)NCc1cccnc1. The van der Waals surface area contributed by atoms with Crippen LogP contribution in [0.1, 0.15) is 41.2 Å². The van der Waals surface area contributed by atoms with Crippen molar-refractivity contribution in [3.63, 3.8) is 0 Å². The van der Waals surface area contributed by atoms with Crippen molar-refractivity contribution in [1.29, 1.82) is 0 Å². The molecule has 0 aliphatic rings. The van der Waals surface area contributed by atoms with Crippen LogP contribution < -0.4 is 5.32 Å². The maximum absolute atomic E-state index is 13.6. The van der Waals surface area contributed by atoms with E-state index in [9.17, 15) is 9.18 Å². The molecule has 0 saturated carbocycles. The van der Waals surface area contributed by atoms with E-state index in [2.05, 4.69) is 15.4 Å². The Morgan fingerprint density at radius 2 is 2.04 bits per heavy atom. The highest BCUT2D eigenvalue weighted by Crippen LogP contribution is 2.21. The molecule has 6 heteroatoms. The average molecular weight is 352 g/mol. The summed E-state index contributed by atoms with van der Waals surface area (Å²) in [5.74, 6) is -0.508. The van der Waals surface area contributed by atoms with Crippen LogP contribution in [0.3, 0.4) is 0 Å². The van der Waals surface area contributed by atoms with Gasteiger partial charge in [-0.05, 0) is 42.7 Å². The van der Waals surface area contributed by atoms with Gasteiger partial charge in [-0.3, -0.25) is 9.78 Å². The maximum atomic E-state index is 13.6. The van der Waals surface area contributed by atoms with Gasteiger partial charge in [-0.25, -0.2) is 9.07 Å². The van der Waals surface area contributed by atoms with Crippen LogP contribution in [0.4, 0.5) is 4.39 Å². The molecule has 1 aromatic carbocycles. The van der Waals surface area contributed by atoms with Crippen LogP contribution in [0, 0.1) is 5.82 Å². The molecule has 26 heavy (non-hydrogen) atoms. The van der Waals surface area contributed by atoms with Crippen molar-refractivity contribution in [2.24, 2.45) is 0 Å². The number of carbonyl (C=O) groups excluding carboxylic acids is 1. The van der Waals surface area contributed by atoms with Crippen molar-refractivity contribution in [2.45, 2.75) is 33.2 Å². The van der Waals surface area contributed by atoms with Crippen molar-refractivity contribution < 1.29 is 9.18 Å². The number of halogens is 1. The molecule has 1 amide bonds. The van der Waals surface area contributed by atoms with E-state index in [0.29, 0.717) is 36.3 Å². The lowest BCUT2D eigenvalue weighted by Crippen LogP contribution is -2.24. The van der Waals surface area contributed by atoms with Gasteiger partial charge in [0.15, 0.2) is 0 Å². The quantitative estimate of drug-likeness (QED) is 0.739. The molecular weight excluding hydrogens is 331 g/mol. The second-order valence-corrected chi connectivity index (χ2v) is 5.91. The molecule has 0 fully saturated rings. The van der Waals surface area contributed by atoms with Crippen LogP contribution in [0.15, 0.2) is 48.8 Å².